The molecule has 0 radical (unpaired) electrons. The molecule has 1 N–H and O–H groups in total. The van der Waals surface area contributed by atoms with Crippen molar-refractivity contribution >= 4 is 21.8 Å². The summed E-state index contributed by atoms with van der Waals surface area (Å²) >= 11 is 3.40. The molecule has 0 aliphatic carbocycles. The molecule has 118 valence electrons. The Morgan fingerprint density at radius 3 is 2.62 bits per heavy atom. The molecule has 0 spiro atoms. The SMILES string of the molecule is CCCNC(=O)C(C)(Oc1ccc(Br)c(OC)c1)C(C)C. The van der Waals surface area contributed by atoms with E-state index in [9.17, 15) is 4.79 Å². The van der Waals surface area contributed by atoms with Crippen LogP contribution in [0.4, 0.5) is 0 Å². The zero-order valence-electron chi connectivity index (χ0n) is 13.3. The van der Waals surface area contributed by atoms with Crippen LogP contribution >= 0.6 is 15.9 Å². The third-order valence-electron chi connectivity index (χ3n) is 3.54. The molecule has 0 bridgehead atoms. The molecule has 1 aromatic carbocycles. The van der Waals surface area contributed by atoms with E-state index in [1.54, 1.807) is 13.2 Å². The zero-order chi connectivity index (χ0) is 16.0. The number of methoxy groups -OCH3 is 1. The van der Waals surface area contributed by atoms with Gasteiger partial charge in [-0.3, -0.25) is 4.79 Å². The average molecular weight is 358 g/mol. The predicted molar refractivity (Wildman–Crippen MR) is 87.9 cm³/mol. The van der Waals surface area contributed by atoms with E-state index < -0.39 is 5.60 Å². The molecular weight excluding hydrogens is 334 g/mol. The topological polar surface area (TPSA) is 47.6 Å². The maximum atomic E-state index is 12.4. The molecule has 21 heavy (non-hydrogen) atoms. The lowest BCUT2D eigenvalue weighted by atomic mass is 9.91. The normalized spacial score (nSPS) is 13.7. The van der Waals surface area contributed by atoms with E-state index in [-0.39, 0.29) is 11.8 Å². The minimum Gasteiger partial charge on any atom is -0.495 e. The van der Waals surface area contributed by atoms with Gasteiger partial charge in [0.15, 0.2) is 5.60 Å². The number of carbonyl (C=O) groups excluding carboxylic acids is 1. The Balaban J connectivity index is 3.00. The first-order chi connectivity index (χ1) is 9.85. The quantitative estimate of drug-likeness (QED) is 0.807. The molecular formula is C16H24BrNO3. The third-order valence-corrected chi connectivity index (χ3v) is 4.20. The Morgan fingerprint density at radius 2 is 2.10 bits per heavy atom. The fraction of sp³-hybridized carbons (Fsp3) is 0.562. The minimum atomic E-state index is -0.923. The number of rotatable bonds is 7. The van der Waals surface area contributed by atoms with Gasteiger partial charge in [-0.1, -0.05) is 20.8 Å². The molecule has 1 atom stereocenters. The van der Waals surface area contributed by atoms with Crippen molar-refractivity contribution in [3.05, 3.63) is 22.7 Å². The Bertz CT molecular complexity index is 490. The van der Waals surface area contributed by atoms with Crippen molar-refractivity contribution in [2.45, 2.75) is 39.7 Å². The van der Waals surface area contributed by atoms with E-state index in [0.29, 0.717) is 18.0 Å². The van der Waals surface area contributed by atoms with Crippen molar-refractivity contribution in [1.82, 2.24) is 5.32 Å². The maximum Gasteiger partial charge on any atom is 0.264 e. The fourth-order valence-corrected chi connectivity index (χ4v) is 2.20. The summed E-state index contributed by atoms with van der Waals surface area (Å²) in [6.07, 6.45) is 0.895. The second kappa shape index (κ2) is 7.69. The molecule has 0 fully saturated rings. The van der Waals surface area contributed by atoms with E-state index in [0.717, 1.165) is 10.9 Å². The Kier molecular flexibility index (Phi) is 6.52. The van der Waals surface area contributed by atoms with Crippen molar-refractivity contribution in [1.29, 1.82) is 0 Å². The van der Waals surface area contributed by atoms with Crippen LogP contribution in [0.1, 0.15) is 34.1 Å². The number of ether oxygens (including phenoxy) is 2. The number of amides is 1. The highest BCUT2D eigenvalue weighted by Gasteiger charge is 2.39. The van der Waals surface area contributed by atoms with Gasteiger partial charge in [0, 0.05) is 18.5 Å². The van der Waals surface area contributed by atoms with Gasteiger partial charge in [-0.05, 0) is 41.4 Å². The maximum absolute atomic E-state index is 12.4. The van der Waals surface area contributed by atoms with Crippen molar-refractivity contribution in [2.75, 3.05) is 13.7 Å². The zero-order valence-corrected chi connectivity index (χ0v) is 14.9. The van der Waals surface area contributed by atoms with Gasteiger partial charge in [0.25, 0.3) is 5.91 Å². The largest absolute Gasteiger partial charge is 0.495 e. The van der Waals surface area contributed by atoms with Gasteiger partial charge >= 0.3 is 0 Å². The molecule has 4 nitrogen and oxygen atoms in total. The van der Waals surface area contributed by atoms with Crippen LogP contribution in [0.25, 0.3) is 0 Å². The number of hydrogen-bond acceptors (Lipinski definition) is 3. The fourth-order valence-electron chi connectivity index (χ4n) is 1.79. The molecule has 5 heteroatoms. The molecule has 1 aromatic rings. The van der Waals surface area contributed by atoms with Gasteiger partial charge in [0.2, 0.25) is 0 Å². The second-order valence-corrected chi connectivity index (χ2v) is 6.27. The summed E-state index contributed by atoms with van der Waals surface area (Å²) < 4.78 is 12.1. The van der Waals surface area contributed by atoms with Gasteiger partial charge in [-0.2, -0.15) is 0 Å². The van der Waals surface area contributed by atoms with Crippen molar-refractivity contribution < 1.29 is 14.3 Å². The molecule has 0 saturated heterocycles. The second-order valence-electron chi connectivity index (χ2n) is 5.42. The summed E-state index contributed by atoms with van der Waals surface area (Å²) in [5.74, 6) is 1.22. The molecule has 1 rings (SSSR count). The number of halogens is 1. The van der Waals surface area contributed by atoms with Gasteiger partial charge < -0.3 is 14.8 Å². The van der Waals surface area contributed by atoms with Gasteiger partial charge in [0.05, 0.1) is 11.6 Å². The minimum absolute atomic E-state index is 0.0315. The van der Waals surface area contributed by atoms with Crippen LogP contribution < -0.4 is 14.8 Å². The lowest BCUT2D eigenvalue weighted by Crippen LogP contribution is -2.52. The first-order valence-corrected chi connectivity index (χ1v) is 7.95. The number of benzene rings is 1. The van der Waals surface area contributed by atoms with Crippen LogP contribution in [0, 0.1) is 5.92 Å². The highest BCUT2D eigenvalue weighted by molar-refractivity contribution is 9.10. The smallest absolute Gasteiger partial charge is 0.264 e. The van der Waals surface area contributed by atoms with Crippen LogP contribution in [0.5, 0.6) is 11.5 Å². The van der Waals surface area contributed by atoms with Crippen molar-refractivity contribution in [2.24, 2.45) is 5.92 Å². The molecule has 1 unspecified atom stereocenters. The number of nitrogens with one attached hydrogen (secondary N) is 1. The average Bonchev–Trinajstić information content (AvgIpc) is 2.46. The van der Waals surface area contributed by atoms with Crippen LogP contribution in [0.2, 0.25) is 0 Å². The van der Waals surface area contributed by atoms with E-state index >= 15 is 0 Å². The summed E-state index contributed by atoms with van der Waals surface area (Å²) in [6, 6.07) is 5.44. The summed E-state index contributed by atoms with van der Waals surface area (Å²) in [5, 5.41) is 2.91. The highest BCUT2D eigenvalue weighted by Crippen LogP contribution is 2.32. The number of hydrogen-bond donors (Lipinski definition) is 1. The first-order valence-electron chi connectivity index (χ1n) is 7.16. The lowest BCUT2D eigenvalue weighted by Gasteiger charge is -2.33. The van der Waals surface area contributed by atoms with Gasteiger partial charge in [0.1, 0.15) is 11.5 Å². The first kappa shape index (κ1) is 17.8. The van der Waals surface area contributed by atoms with E-state index in [2.05, 4.69) is 21.2 Å². The Labute approximate surface area is 135 Å². The van der Waals surface area contributed by atoms with E-state index in [4.69, 9.17) is 9.47 Å². The van der Waals surface area contributed by atoms with Crippen molar-refractivity contribution in [3.8, 4) is 11.5 Å². The Morgan fingerprint density at radius 1 is 1.43 bits per heavy atom. The molecule has 0 saturated carbocycles. The molecule has 0 heterocycles. The summed E-state index contributed by atoms with van der Waals surface area (Å²) in [5.41, 5.74) is -0.923. The van der Waals surface area contributed by atoms with Crippen LogP contribution in [0.3, 0.4) is 0 Å². The van der Waals surface area contributed by atoms with Crippen LogP contribution in [0.15, 0.2) is 22.7 Å². The predicted octanol–water partition coefficient (Wildman–Crippen LogP) is 3.78. The van der Waals surface area contributed by atoms with Gasteiger partial charge in [-0.25, -0.2) is 0 Å². The molecule has 0 aromatic heterocycles. The van der Waals surface area contributed by atoms with Gasteiger partial charge in [-0.15, -0.1) is 0 Å². The monoisotopic (exact) mass is 357 g/mol. The third kappa shape index (κ3) is 4.37. The summed E-state index contributed by atoms with van der Waals surface area (Å²) in [6.45, 7) is 8.43. The summed E-state index contributed by atoms with van der Waals surface area (Å²) in [7, 11) is 1.60. The highest BCUT2D eigenvalue weighted by atomic mass is 79.9. The summed E-state index contributed by atoms with van der Waals surface area (Å²) in [4.78, 5) is 12.4. The van der Waals surface area contributed by atoms with Crippen LogP contribution in [-0.4, -0.2) is 25.2 Å². The molecule has 0 aliphatic rings. The van der Waals surface area contributed by atoms with E-state index in [1.807, 2.05) is 39.8 Å². The van der Waals surface area contributed by atoms with E-state index in [1.165, 1.54) is 0 Å². The molecule has 0 aliphatic heterocycles. The van der Waals surface area contributed by atoms with Crippen LogP contribution in [-0.2, 0) is 4.79 Å². The standard InChI is InChI=1S/C16H24BrNO3/c1-6-9-18-15(19)16(4,11(2)3)21-12-7-8-13(17)14(10-12)20-5/h7-8,10-11H,6,9H2,1-5H3,(H,18,19). The molecule has 1 amide bonds. The lowest BCUT2D eigenvalue weighted by molar-refractivity contribution is -0.139. The van der Waals surface area contributed by atoms with Crippen molar-refractivity contribution in [3.63, 3.8) is 0 Å². The number of carbonyl (C=O) groups is 1. The Hall–Kier alpha value is -1.23.